The lowest BCUT2D eigenvalue weighted by Crippen LogP contribution is -2.15. The van der Waals surface area contributed by atoms with E-state index in [1.807, 2.05) is 18.2 Å². The molecule has 4 nitrogen and oxygen atoms in total. The lowest BCUT2D eigenvalue weighted by atomic mass is 10.2. The third-order valence-electron chi connectivity index (χ3n) is 2.86. The maximum Gasteiger partial charge on any atom is 0.227 e. The third-order valence-corrected chi connectivity index (χ3v) is 2.86. The quantitative estimate of drug-likeness (QED) is 0.859. The van der Waals surface area contributed by atoms with Crippen molar-refractivity contribution in [2.45, 2.75) is 13.0 Å². The van der Waals surface area contributed by atoms with E-state index in [9.17, 15) is 9.18 Å². The predicted molar refractivity (Wildman–Crippen MR) is 79.5 cm³/mol. The van der Waals surface area contributed by atoms with E-state index in [1.54, 1.807) is 6.07 Å². The van der Waals surface area contributed by atoms with Crippen molar-refractivity contribution in [3.05, 3.63) is 59.9 Å². The van der Waals surface area contributed by atoms with Gasteiger partial charge in [0, 0.05) is 12.2 Å². The molecular weight excluding hydrogens is 271 g/mol. The Bertz CT molecular complexity index is 599. The fourth-order valence-corrected chi connectivity index (χ4v) is 1.79. The summed E-state index contributed by atoms with van der Waals surface area (Å²) in [6, 6.07) is 13.0. The van der Waals surface area contributed by atoms with E-state index >= 15 is 0 Å². The van der Waals surface area contributed by atoms with E-state index in [1.165, 1.54) is 24.3 Å². The zero-order chi connectivity index (χ0) is 15.1. The van der Waals surface area contributed by atoms with Crippen molar-refractivity contribution in [1.82, 2.24) is 0 Å². The van der Waals surface area contributed by atoms with Crippen LogP contribution in [-0.2, 0) is 11.3 Å². The van der Waals surface area contributed by atoms with E-state index in [0.29, 0.717) is 18.0 Å². The summed E-state index contributed by atoms with van der Waals surface area (Å²) in [5.74, 6) is 0.0699. The highest BCUT2D eigenvalue weighted by Gasteiger charge is 2.04. The van der Waals surface area contributed by atoms with E-state index in [0.717, 1.165) is 5.56 Å². The molecule has 0 aliphatic carbocycles. The van der Waals surface area contributed by atoms with Gasteiger partial charge in [-0.3, -0.25) is 4.79 Å². The summed E-state index contributed by atoms with van der Waals surface area (Å²) < 4.78 is 18.1. The van der Waals surface area contributed by atoms with Gasteiger partial charge in [-0.05, 0) is 42.0 Å². The second kappa shape index (κ2) is 7.40. The standard InChI is InChI=1S/C16H17FN2O2/c17-13-4-6-15(7-5-13)21-9-8-16(20)19-14-3-1-2-12(10-14)11-18/h1-7,10H,8-9,11,18H2,(H,19,20). The van der Waals surface area contributed by atoms with Gasteiger partial charge in [0.05, 0.1) is 13.0 Å². The van der Waals surface area contributed by atoms with Crippen LogP contribution in [0.2, 0.25) is 0 Å². The SMILES string of the molecule is NCc1cccc(NC(=O)CCOc2ccc(F)cc2)c1. The summed E-state index contributed by atoms with van der Waals surface area (Å²) in [7, 11) is 0. The summed E-state index contributed by atoms with van der Waals surface area (Å²) in [5, 5.41) is 2.78. The van der Waals surface area contributed by atoms with Crippen molar-refractivity contribution >= 4 is 11.6 Å². The Balaban J connectivity index is 1.78. The number of amides is 1. The highest BCUT2D eigenvalue weighted by Crippen LogP contribution is 2.12. The first-order valence-corrected chi connectivity index (χ1v) is 6.64. The molecule has 0 atom stereocenters. The molecule has 0 spiro atoms. The zero-order valence-corrected chi connectivity index (χ0v) is 11.5. The number of halogens is 1. The van der Waals surface area contributed by atoms with Gasteiger partial charge in [0.25, 0.3) is 0 Å². The van der Waals surface area contributed by atoms with Gasteiger partial charge < -0.3 is 15.8 Å². The average Bonchev–Trinajstić information content (AvgIpc) is 2.49. The first-order chi connectivity index (χ1) is 10.2. The molecule has 1 amide bonds. The van der Waals surface area contributed by atoms with Crippen molar-refractivity contribution in [3.63, 3.8) is 0 Å². The lowest BCUT2D eigenvalue weighted by Gasteiger charge is -2.08. The summed E-state index contributed by atoms with van der Waals surface area (Å²) >= 11 is 0. The van der Waals surface area contributed by atoms with E-state index in [2.05, 4.69) is 5.32 Å². The summed E-state index contributed by atoms with van der Waals surface area (Å²) in [6.07, 6.45) is 0.213. The molecule has 0 fully saturated rings. The van der Waals surface area contributed by atoms with Gasteiger partial charge in [-0.1, -0.05) is 12.1 Å². The molecule has 110 valence electrons. The Morgan fingerprint density at radius 1 is 1.19 bits per heavy atom. The van der Waals surface area contributed by atoms with Crippen LogP contribution in [0, 0.1) is 5.82 Å². The van der Waals surface area contributed by atoms with E-state index < -0.39 is 0 Å². The normalized spacial score (nSPS) is 10.2. The molecule has 21 heavy (non-hydrogen) atoms. The minimum absolute atomic E-state index is 0.147. The van der Waals surface area contributed by atoms with Crippen molar-refractivity contribution in [2.75, 3.05) is 11.9 Å². The second-order valence-corrected chi connectivity index (χ2v) is 4.51. The minimum Gasteiger partial charge on any atom is -0.493 e. The number of hydrogen-bond acceptors (Lipinski definition) is 3. The van der Waals surface area contributed by atoms with E-state index in [-0.39, 0.29) is 24.8 Å². The summed E-state index contributed by atoms with van der Waals surface area (Å²) in [4.78, 5) is 11.8. The minimum atomic E-state index is -0.320. The van der Waals surface area contributed by atoms with Gasteiger partial charge in [0.1, 0.15) is 11.6 Å². The van der Waals surface area contributed by atoms with Crippen LogP contribution < -0.4 is 15.8 Å². The largest absolute Gasteiger partial charge is 0.493 e. The van der Waals surface area contributed by atoms with Crippen LogP contribution in [0.25, 0.3) is 0 Å². The topological polar surface area (TPSA) is 64.3 Å². The molecule has 0 radical (unpaired) electrons. The fourth-order valence-electron chi connectivity index (χ4n) is 1.79. The Kier molecular flexibility index (Phi) is 5.29. The van der Waals surface area contributed by atoms with Gasteiger partial charge in [-0.25, -0.2) is 4.39 Å². The molecule has 0 heterocycles. The van der Waals surface area contributed by atoms with Crippen molar-refractivity contribution < 1.29 is 13.9 Å². The number of nitrogens with two attached hydrogens (primary N) is 1. The number of hydrogen-bond donors (Lipinski definition) is 2. The molecule has 2 rings (SSSR count). The number of carbonyl (C=O) groups excluding carboxylic acids is 1. The number of rotatable bonds is 6. The number of nitrogens with one attached hydrogen (secondary N) is 1. The molecule has 5 heteroatoms. The van der Waals surface area contributed by atoms with Crippen molar-refractivity contribution in [1.29, 1.82) is 0 Å². The van der Waals surface area contributed by atoms with Crippen LogP contribution in [-0.4, -0.2) is 12.5 Å². The summed E-state index contributed by atoms with van der Waals surface area (Å²) in [5.41, 5.74) is 7.21. The molecule has 0 bridgehead atoms. The van der Waals surface area contributed by atoms with Crippen LogP contribution in [0.5, 0.6) is 5.75 Å². The van der Waals surface area contributed by atoms with E-state index in [4.69, 9.17) is 10.5 Å². The molecule has 0 aliphatic heterocycles. The Labute approximate surface area is 122 Å². The molecule has 0 aromatic heterocycles. The van der Waals surface area contributed by atoms with Crippen LogP contribution >= 0.6 is 0 Å². The Morgan fingerprint density at radius 3 is 2.67 bits per heavy atom. The lowest BCUT2D eigenvalue weighted by molar-refractivity contribution is -0.116. The number of carbonyl (C=O) groups is 1. The monoisotopic (exact) mass is 288 g/mol. The Hall–Kier alpha value is -2.40. The number of ether oxygens (including phenoxy) is 1. The summed E-state index contributed by atoms with van der Waals surface area (Å²) in [6.45, 7) is 0.658. The second-order valence-electron chi connectivity index (χ2n) is 4.51. The first-order valence-electron chi connectivity index (χ1n) is 6.64. The van der Waals surface area contributed by atoms with Crippen LogP contribution in [0.15, 0.2) is 48.5 Å². The zero-order valence-electron chi connectivity index (χ0n) is 11.5. The predicted octanol–water partition coefficient (Wildman–Crippen LogP) is 2.69. The molecule has 0 saturated heterocycles. The van der Waals surface area contributed by atoms with Crippen LogP contribution in [0.3, 0.4) is 0 Å². The van der Waals surface area contributed by atoms with Crippen LogP contribution in [0.1, 0.15) is 12.0 Å². The number of anilines is 1. The molecule has 2 aromatic rings. The van der Waals surface area contributed by atoms with Crippen LogP contribution in [0.4, 0.5) is 10.1 Å². The third kappa shape index (κ3) is 4.89. The van der Waals surface area contributed by atoms with Gasteiger partial charge in [0.2, 0.25) is 5.91 Å². The molecule has 0 aliphatic rings. The van der Waals surface area contributed by atoms with Crippen molar-refractivity contribution in [2.24, 2.45) is 5.73 Å². The van der Waals surface area contributed by atoms with Crippen molar-refractivity contribution in [3.8, 4) is 5.75 Å². The highest BCUT2D eigenvalue weighted by molar-refractivity contribution is 5.90. The number of benzene rings is 2. The smallest absolute Gasteiger partial charge is 0.227 e. The molecule has 0 saturated carbocycles. The van der Waals surface area contributed by atoms with Gasteiger partial charge >= 0.3 is 0 Å². The van der Waals surface area contributed by atoms with Gasteiger partial charge in [0.15, 0.2) is 0 Å². The molecular formula is C16H17FN2O2. The Morgan fingerprint density at radius 2 is 1.95 bits per heavy atom. The maximum atomic E-state index is 12.7. The maximum absolute atomic E-state index is 12.7. The van der Waals surface area contributed by atoms with Gasteiger partial charge in [-0.2, -0.15) is 0 Å². The first kappa shape index (κ1) is 15.0. The highest BCUT2D eigenvalue weighted by atomic mass is 19.1. The molecule has 2 aromatic carbocycles. The van der Waals surface area contributed by atoms with Gasteiger partial charge in [-0.15, -0.1) is 0 Å². The average molecular weight is 288 g/mol. The fraction of sp³-hybridized carbons (Fsp3) is 0.188. The molecule has 3 N–H and O–H groups in total. The molecule has 0 unspecified atom stereocenters.